The standard InChI is InChI=1S/6ClH.H3N.Nb/h6*1H;1H3;/q;;;;;;;+5/p-5. The summed E-state index contributed by atoms with van der Waals surface area (Å²) < 4.78 is 0. The Bertz CT molecular complexity index is 67.1. The first kappa shape index (κ1) is 13.1. The van der Waals surface area contributed by atoms with Crippen molar-refractivity contribution in [3.05, 3.63) is 0 Å². The first-order valence-corrected chi connectivity index (χ1v) is 18.0. The number of halogens is 6. The predicted octanol–water partition coefficient (Wildman–Crippen LogP) is 4.51. The van der Waals surface area contributed by atoms with Gasteiger partial charge in [0.25, 0.3) is 0 Å². The predicted molar refractivity (Wildman–Crippen MR) is 41.1 cm³/mol. The van der Waals surface area contributed by atoms with Crippen LogP contribution in [0, 0.1) is 0 Å². The molecule has 0 aliphatic rings. The largest absolute Gasteiger partial charge is 0.369 e. The van der Waals surface area contributed by atoms with Crippen molar-refractivity contribution in [2.75, 3.05) is 0 Å². The second-order valence-corrected chi connectivity index (χ2v) is 51.0. The number of hydrogen-bond donors (Lipinski definition) is 1. The van der Waals surface area contributed by atoms with Crippen LogP contribution >= 0.6 is 55.1 Å². The molecule has 0 spiro atoms. The Labute approximate surface area is 68.4 Å². The van der Waals surface area contributed by atoms with Crippen molar-refractivity contribution in [2.24, 2.45) is 0 Å². The number of quaternary nitrogens is 1. The smallest absolute Gasteiger partial charge is 0.369 e. The molecule has 1 nitrogen and oxygen atoms in total. The fourth-order valence-electron chi connectivity index (χ4n) is 0. The molecule has 0 aromatic rings. The fourth-order valence-corrected chi connectivity index (χ4v) is 0. The molecule has 0 saturated heterocycles. The molecule has 0 fully saturated rings. The minimum absolute atomic E-state index is 0. The molecule has 0 bridgehead atoms. The number of hydrogen-bond acceptors (Lipinski definition) is 0. The van der Waals surface area contributed by atoms with Gasteiger partial charge in [-0.1, -0.05) is 0 Å². The van der Waals surface area contributed by atoms with Crippen LogP contribution in [0.2, 0.25) is 0 Å². The van der Waals surface area contributed by atoms with Crippen LogP contribution in [0.25, 0.3) is 0 Å². The van der Waals surface area contributed by atoms with E-state index in [0.717, 1.165) is 0 Å². The summed E-state index contributed by atoms with van der Waals surface area (Å²) in [6.07, 6.45) is 0. The van der Waals surface area contributed by atoms with E-state index < -0.39 is 8.02 Å². The van der Waals surface area contributed by atoms with Gasteiger partial charge in [-0.2, -0.15) is 0 Å². The van der Waals surface area contributed by atoms with E-state index in [0.29, 0.717) is 0 Å². The summed E-state index contributed by atoms with van der Waals surface area (Å²) >= 11 is 0. The molecule has 0 aromatic heterocycles. The Morgan fingerprint density at radius 2 is 0.625 bits per heavy atom. The van der Waals surface area contributed by atoms with Gasteiger partial charge in [0.2, 0.25) is 0 Å². The molecule has 4 N–H and O–H groups in total. The molecule has 0 rings (SSSR count). The van der Waals surface area contributed by atoms with Crippen molar-refractivity contribution in [3.63, 3.8) is 0 Å². The van der Waals surface area contributed by atoms with Crippen molar-refractivity contribution >= 4 is 55.1 Å². The Morgan fingerprint density at radius 3 is 0.625 bits per heavy atom. The molecule has 0 aromatic carbocycles. The average Bonchev–Trinajstić information content (AvgIpc) is 0.592. The normalized spacial score (nSPS) is 20.2. The second kappa shape index (κ2) is 2.21. The molecular weight excluding hydrogens is 320 g/mol. The van der Waals surface area contributed by atoms with E-state index in [4.69, 9.17) is 55.1 Å². The Morgan fingerprint density at radius 1 is 0.625 bits per heavy atom. The van der Waals surface area contributed by atoms with Crippen LogP contribution in [0.4, 0.5) is 0 Å². The Hall–Kier alpha value is 2.44. The molecule has 0 atom stereocenters. The van der Waals surface area contributed by atoms with E-state index in [-0.39, 0.29) is 6.15 Å². The maximum atomic E-state index is 5.06. The van der Waals surface area contributed by atoms with Crippen LogP contribution in [0.1, 0.15) is 0 Å². The maximum Gasteiger partial charge on any atom is -0.369 e. The fraction of sp³-hybridized carbons (Fsp3) is 0. The zero-order chi connectivity index (χ0) is 6.41. The summed E-state index contributed by atoms with van der Waals surface area (Å²) in [7, 11) is 25.0. The third-order valence-corrected chi connectivity index (χ3v) is 0. The summed E-state index contributed by atoms with van der Waals surface area (Å²) in [6, 6.07) is 0. The van der Waals surface area contributed by atoms with Gasteiger partial charge in [-0.3, -0.25) is 0 Å². The van der Waals surface area contributed by atoms with Gasteiger partial charge in [0.1, 0.15) is 0 Å². The molecular formula is H4Cl6NNb. The quantitative estimate of drug-likeness (QED) is 0.637. The van der Waals surface area contributed by atoms with Gasteiger partial charge in [-0.25, -0.2) is 0 Å². The van der Waals surface area contributed by atoms with Crippen LogP contribution in [-0.4, -0.2) is 0 Å². The first-order chi connectivity index (χ1) is 2.45. The molecule has 8 heteroatoms. The summed E-state index contributed by atoms with van der Waals surface area (Å²) in [4.78, 5) is 0. The zero-order valence-electron chi connectivity index (χ0n) is 3.72. The van der Waals surface area contributed by atoms with Gasteiger partial charge in [-0.15, -0.1) is 0 Å². The Kier molecular flexibility index (Phi) is 3.61. The van der Waals surface area contributed by atoms with Crippen molar-refractivity contribution in [2.45, 2.75) is 0 Å². The molecule has 0 radical (unpaired) electrons. The third kappa shape index (κ3) is 78.5. The molecule has 0 heterocycles. The summed E-state index contributed by atoms with van der Waals surface area (Å²) in [5.74, 6) is 0. The van der Waals surface area contributed by atoms with Crippen molar-refractivity contribution in [3.8, 4) is 0 Å². The van der Waals surface area contributed by atoms with Gasteiger partial charge in [0, 0.05) is 0 Å². The Balaban J connectivity index is 0. The summed E-state index contributed by atoms with van der Waals surface area (Å²) in [5, 5.41) is 0. The first-order valence-electron chi connectivity index (χ1n) is 1.01. The van der Waals surface area contributed by atoms with Gasteiger partial charge in [0.15, 0.2) is 0 Å². The van der Waals surface area contributed by atoms with E-state index in [1.807, 2.05) is 0 Å². The van der Waals surface area contributed by atoms with E-state index in [2.05, 4.69) is 0 Å². The average molecular weight is 324 g/mol. The topological polar surface area (TPSA) is 36.5 Å². The summed E-state index contributed by atoms with van der Waals surface area (Å²) in [6.45, 7) is 0. The number of rotatable bonds is 0. The molecule has 0 aliphatic heterocycles. The zero-order valence-corrected chi connectivity index (χ0v) is 10.4. The van der Waals surface area contributed by atoms with Crippen LogP contribution in [0.5, 0.6) is 0 Å². The van der Waals surface area contributed by atoms with Crippen molar-refractivity contribution < 1.29 is 8.02 Å². The van der Waals surface area contributed by atoms with Crippen LogP contribution < -0.4 is 6.15 Å². The van der Waals surface area contributed by atoms with Gasteiger partial charge < -0.3 is 6.15 Å². The van der Waals surface area contributed by atoms with Crippen LogP contribution in [0.3, 0.4) is 0 Å². The van der Waals surface area contributed by atoms with Crippen molar-refractivity contribution in [1.82, 2.24) is 6.15 Å². The summed E-state index contributed by atoms with van der Waals surface area (Å²) in [5.41, 5.74) is 0. The van der Waals surface area contributed by atoms with Gasteiger partial charge >= 0.3 is 63.2 Å². The minimum Gasteiger partial charge on any atom is -0.369 e. The van der Waals surface area contributed by atoms with E-state index in [9.17, 15) is 0 Å². The molecule has 0 unspecified atom stereocenters. The third-order valence-electron chi connectivity index (χ3n) is 0. The maximum absolute atomic E-state index is 5.42. The molecule has 8 heavy (non-hydrogen) atoms. The van der Waals surface area contributed by atoms with E-state index in [1.54, 1.807) is 0 Å². The molecule has 0 saturated carbocycles. The second-order valence-electron chi connectivity index (χ2n) is 0.958. The van der Waals surface area contributed by atoms with E-state index >= 15 is 0 Å². The minimum atomic E-state index is -5.42. The molecule has 0 amide bonds. The van der Waals surface area contributed by atoms with Crippen molar-refractivity contribution in [1.29, 1.82) is 0 Å². The van der Waals surface area contributed by atoms with Crippen LogP contribution in [0.15, 0.2) is 0 Å². The monoisotopic (exact) mass is 321 g/mol. The van der Waals surface area contributed by atoms with Crippen LogP contribution in [-0.2, 0) is 8.02 Å². The van der Waals surface area contributed by atoms with Gasteiger partial charge in [-0.05, 0) is 0 Å². The van der Waals surface area contributed by atoms with E-state index in [1.165, 1.54) is 0 Å². The SMILES string of the molecule is [Cl][Nb-]([Cl])([Cl])([Cl])([Cl])[Cl].[NH4+]. The molecule has 56 valence electrons. The van der Waals surface area contributed by atoms with Gasteiger partial charge in [0.05, 0.1) is 0 Å². The molecule has 0 aliphatic carbocycles.